The molecule has 0 saturated carbocycles. The van der Waals surface area contributed by atoms with E-state index in [1.54, 1.807) is 6.07 Å². The van der Waals surface area contributed by atoms with Gasteiger partial charge in [-0.25, -0.2) is 13.1 Å². The van der Waals surface area contributed by atoms with Gasteiger partial charge in [-0.1, -0.05) is 0 Å². The van der Waals surface area contributed by atoms with E-state index in [0.717, 1.165) is 37.3 Å². The van der Waals surface area contributed by atoms with E-state index in [1.165, 1.54) is 6.07 Å². The van der Waals surface area contributed by atoms with Gasteiger partial charge in [0.05, 0.1) is 6.42 Å². The van der Waals surface area contributed by atoms with Crippen LogP contribution >= 0.6 is 11.3 Å². The van der Waals surface area contributed by atoms with Crippen molar-refractivity contribution in [2.45, 2.75) is 23.5 Å². The smallest absolute Gasteiger partial charge is 0.308 e. The second-order valence-electron chi connectivity index (χ2n) is 5.39. The molecule has 1 aromatic heterocycles. The number of thiophene rings is 1. The Kier molecular flexibility index (Phi) is 5.37. The summed E-state index contributed by atoms with van der Waals surface area (Å²) in [6, 6.07) is 3.03. The maximum absolute atomic E-state index is 12.2. The van der Waals surface area contributed by atoms with Gasteiger partial charge >= 0.3 is 5.97 Å². The van der Waals surface area contributed by atoms with Crippen molar-refractivity contribution in [2.75, 3.05) is 26.7 Å². The number of nitrogens with zero attached hydrogens (tertiary/aromatic N) is 1. The van der Waals surface area contributed by atoms with Crippen LogP contribution in [0, 0.1) is 5.92 Å². The van der Waals surface area contributed by atoms with E-state index in [0.29, 0.717) is 17.3 Å². The zero-order valence-electron chi connectivity index (χ0n) is 11.9. The molecule has 8 heteroatoms. The predicted molar refractivity (Wildman–Crippen MR) is 81.1 cm³/mol. The normalized spacial score (nSPS) is 18.0. The first-order chi connectivity index (χ1) is 9.87. The summed E-state index contributed by atoms with van der Waals surface area (Å²) >= 11 is 1.02. The van der Waals surface area contributed by atoms with Crippen molar-refractivity contribution < 1.29 is 18.3 Å². The molecule has 1 aliphatic heterocycles. The summed E-state index contributed by atoms with van der Waals surface area (Å²) < 4.78 is 27.2. The third-order valence-corrected chi connectivity index (χ3v) is 6.63. The molecule has 118 valence electrons. The highest BCUT2D eigenvalue weighted by molar-refractivity contribution is 7.91. The maximum Gasteiger partial charge on any atom is 0.308 e. The van der Waals surface area contributed by atoms with E-state index in [4.69, 9.17) is 5.11 Å². The Morgan fingerprint density at radius 2 is 2.10 bits per heavy atom. The molecule has 1 fully saturated rings. The zero-order chi connectivity index (χ0) is 15.5. The van der Waals surface area contributed by atoms with Crippen LogP contribution in [-0.2, 0) is 21.2 Å². The van der Waals surface area contributed by atoms with E-state index in [2.05, 4.69) is 16.7 Å². The van der Waals surface area contributed by atoms with Gasteiger partial charge in [-0.05, 0) is 51.0 Å². The summed E-state index contributed by atoms with van der Waals surface area (Å²) in [5.74, 6) is -0.588. The van der Waals surface area contributed by atoms with E-state index in [-0.39, 0.29) is 10.6 Å². The first-order valence-electron chi connectivity index (χ1n) is 6.85. The summed E-state index contributed by atoms with van der Waals surface area (Å²) in [4.78, 5) is 13.4. The molecule has 0 radical (unpaired) electrons. The van der Waals surface area contributed by atoms with Crippen molar-refractivity contribution >= 4 is 27.3 Å². The van der Waals surface area contributed by atoms with Crippen molar-refractivity contribution in [3.8, 4) is 0 Å². The molecule has 6 nitrogen and oxygen atoms in total. The Labute approximate surface area is 128 Å². The fourth-order valence-corrected chi connectivity index (χ4v) is 4.82. The van der Waals surface area contributed by atoms with E-state index >= 15 is 0 Å². The third kappa shape index (κ3) is 4.77. The zero-order valence-corrected chi connectivity index (χ0v) is 13.5. The molecule has 0 spiro atoms. The molecule has 0 bridgehead atoms. The highest BCUT2D eigenvalue weighted by atomic mass is 32.2. The minimum Gasteiger partial charge on any atom is -0.481 e. The van der Waals surface area contributed by atoms with Crippen molar-refractivity contribution in [1.29, 1.82) is 0 Å². The number of carboxylic acids is 1. The van der Waals surface area contributed by atoms with Gasteiger partial charge in [0.25, 0.3) is 0 Å². The van der Waals surface area contributed by atoms with Crippen molar-refractivity contribution in [3.05, 3.63) is 17.0 Å². The fourth-order valence-electron chi connectivity index (χ4n) is 2.31. The Morgan fingerprint density at radius 3 is 2.71 bits per heavy atom. The lowest BCUT2D eigenvalue weighted by Gasteiger charge is -2.28. The second kappa shape index (κ2) is 6.87. The number of likely N-dealkylation sites (tertiary alicyclic amines) is 1. The van der Waals surface area contributed by atoms with Crippen LogP contribution < -0.4 is 4.72 Å². The van der Waals surface area contributed by atoms with Crippen molar-refractivity contribution in [3.63, 3.8) is 0 Å². The standard InChI is InChI=1S/C13H20N2O4S2/c1-15-6-4-10(5-7-15)9-14-21(18,19)13-3-2-11(20-13)8-12(16)17/h2-3,10,14H,4-9H2,1H3,(H,16,17). The Morgan fingerprint density at radius 1 is 1.43 bits per heavy atom. The van der Waals surface area contributed by atoms with Crippen LogP contribution in [0.4, 0.5) is 0 Å². The van der Waals surface area contributed by atoms with Gasteiger partial charge < -0.3 is 10.0 Å². The SMILES string of the molecule is CN1CCC(CNS(=O)(=O)c2ccc(CC(=O)O)s2)CC1. The molecule has 0 atom stereocenters. The third-order valence-electron chi connectivity index (χ3n) is 3.63. The lowest BCUT2D eigenvalue weighted by molar-refractivity contribution is -0.136. The molecule has 21 heavy (non-hydrogen) atoms. The molecule has 1 aliphatic rings. The van der Waals surface area contributed by atoms with Crippen molar-refractivity contribution in [2.24, 2.45) is 5.92 Å². The molecular weight excluding hydrogens is 312 g/mol. The molecular formula is C13H20N2O4S2. The number of carboxylic acid groups (broad SMARTS) is 1. The van der Waals surface area contributed by atoms with E-state index in [9.17, 15) is 13.2 Å². The summed E-state index contributed by atoms with van der Waals surface area (Å²) in [6.45, 7) is 2.44. The number of carbonyl (C=O) groups is 1. The summed E-state index contributed by atoms with van der Waals surface area (Å²) in [5, 5.41) is 8.71. The van der Waals surface area contributed by atoms with Gasteiger partial charge in [0.15, 0.2) is 0 Å². The van der Waals surface area contributed by atoms with E-state index in [1.807, 2.05) is 0 Å². The van der Waals surface area contributed by atoms with Crippen LogP contribution in [-0.4, -0.2) is 51.1 Å². The first kappa shape index (κ1) is 16.4. The molecule has 0 aromatic carbocycles. The summed E-state index contributed by atoms with van der Waals surface area (Å²) in [5.41, 5.74) is 0. The highest BCUT2D eigenvalue weighted by Gasteiger charge is 2.21. The molecule has 0 unspecified atom stereocenters. The summed E-state index contributed by atoms with van der Waals surface area (Å²) in [7, 11) is -1.46. The molecule has 2 rings (SSSR count). The first-order valence-corrected chi connectivity index (χ1v) is 9.15. The van der Waals surface area contributed by atoms with Gasteiger partial charge in [-0.3, -0.25) is 4.79 Å². The lowest BCUT2D eigenvalue weighted by atomic mass is 9.98. The number of hydrogen-bond acceptors (Lipinski definition) is 5. The molecule has 0 aliphatic carbocycles. The Hall–Kier alpha value is -0.960. The van der Waals surface area contributed by atoms with Crippen molar-refractivity contribution in [1.82, 2.24) is 9.62 Å². The largest absolute Gasteiger partial charge is 0.481 e. The number of piperidine rings is 1. The van der Waals surface area contributed by atoms with Crippen LogP contribution in [0.2, 0.25) is 0 Å². The van der Waals surface area contributed by atoms with E-state index < -0.39 is 16.0 Å². The van der Waals surface area contributed by atoms with Crippen LogP contribution in [0.5, 0.6) is 0 Å². The predicted octanol–water partition coefficient (Wildman–Crippen LogP) is 0.995. The van der Waals surface area contributed by atoms with Crippen LogP contribution in [0.25, 0.3) is 0 Å². The molecule has 2 heterocycles. The van der Waals surface area contributed by atoms with Gasteiger partial charge in [-0.15, -0.1) is 11.3 Å². The molecule has 2 N–H and O–H groups in total. The summed E-state index contributed by atoms with van der Waals surface area (Å²) in [6.07, 6.45) is 1.84. The minimum absolute atomic E-state index is 0.144. The molecule has 0 amide bonds. The number of aliphatic carboxylic acids is 1. The Bertz CT molecular complexity index is 589. The fraction of sp³-hybridized carbons (Fsp3) is 0.615. The number of rotatable bonds is 6. The maximum atomic E-state index is 12.2. The average molecular weight is 332 g/mol. The number of hydrogen-bond donors (Lipinski definition) is 2. The van der Waals surface area contributed by atoms with Gasteiger partial charge in [-0.2, -0.15) is 0 Å². The highest BCUT2D eigenvalue weighted by Crippen LogP contribution is 2.23. The van der Waals surface area contributed by atoms with Crippen LogP contribution in [0.3, 0.4) is 0 Å². The van der Waals surface area contributed by atoms with Crippen LogP contribution in [0.1, 0.15) is 17.7 Å². The van der Waals surface area contributed by atoms with Gasteiger partial charge in [0.2, 0.25) is 10.0 Å². The Balaban J connectivity index is 1.92. The lowest BCUT2D eigenvalue weighted by Crippen LogP contribution is -2.36. The molecule has 1 aromatic rings. The minimum atomic E-state index is -3.53. The number of nitrogens with one attached hydrogen (secondary N) is 1. The number of sulfonamides is 1. The second-order valence-corrected chi connectivity index (χ2v) is 8.55. The average Bonchev–Trinajstić information content (AvgIpc) is 2.86. The van der Waals surface area contributed by atoms with Gasteiger partial charge in [0, 0.05) is 11.4 Å². The van der Waals surface area contributed by atoms with Gasteiger partial charge in [0.1, 0.15) is 4.21 Å². The monoisotopic (exact) mass is 332 g/mol. The molecule has 1 saturated heterocycles. The van der Waals surface area contributed by atoms with Crippen LogP contribution in [0.15, 0.2) is 16.3 Å². The topological polar surface area (TPSA) is 86.7 Å². The quantitative estimate of drug-likeness (QED) is 0.811.